The summed E-state index contributed by atoms with van der Waals surface area (Å²) in [6.45, 7) is 0. The fourth-order valence-electron chi connectivity index (χ4n) is 1.27. The van der Waals surface area contributed by atoms with Crippen LogP contribution in [0.4, 0.5) is 4.39 Å². The molecule has 4 heteroatoms. The zero-order valence-electron chi connectivity index (χ0n) is 8.26. The van der Waals surface area contributed by atoms with Crippen LogP contribution in [0.5, 0.6) is 0 Å². The molecular weight excluding hydrogens is 209 g/mol. The van der Waals surface area contributed by atoms with E-state index in [0.717, 1.165) is 0 Å². The van der Waals surface area contributed by atoms with Crippen molar-refractivity contribution in [2.75, 3.05) is 0 Å². The largest absolute Gasteiger partial charge is 0.445 e. The van der Waals surface area contributed by atoms with Crippen molar-refractivity contribution in [3.63, 3.8) is 0 Å². The maximum absolute atomic E-state index is 12.7. The first-order valence-electron chi connectivity index (χ1n) is 4.62. The fraction of sp³-hybridized carbons (Fsp3) is 0. The molecule has 0 spiro atoms. The van der Waals surface area contributed by atoms with Crippen molar-refractivity contribution in [3.05, 3.63) is 54.0 Å². The maximum Gasteiger partial charge on any atom is 0.219 e. The average Bonchev–Trinajstić information content (AvgIpc) is 2.80. The number of oxazole rings is 1. The van der Waals surface area contributed by atoms with E-state index in [-0.39, 0.29) is 5.82 Å². The molecule has 1 aromatic heterocycles. The molecular formula is C12H8FNO2. The van der Waals surface area contributed by atoms with E-state index in [1.807, 2.05) is 0 Å². The summed E-state index contributed by atoms with van der Waals surface area (Å²) in [5, 5.41) is 0. The fourth-order valence-corrected chi connectivity index (χ4v) is 1.27. The van der Waals surface area contributed by atoms with E-state index in [1.54, 1.807) is 0 Å². The Bertz CT molecular complexity index is 500. The van der Waals surface area contributed by atoms with Crippen LogP contribution in [0.1, 0.15) is 11.5 Å². The molecule has 0 fully saturated rings. The van der Waals surface area contributed by atoms with Gasteiger partial charge in [-0.25, -0.2) is 9.37 Å². The van der Waals surface area contributed by atoms with Crippen LogP contribution in [0.15, 0.2) is 41.1 Å². The number of hydrogen-bond acceptors (Lipinski definition) is 3. The van der Waals surface area contributed by atoms with E-state index in [0.29, 0.717) is 23.3 Å². The average molecular weight is 217 g/mol. The highest BCUT2D eigenvalue weighted by molar-refractivity contribution is 6.12. The first-order chi connectivity index (χ1) is 7.79. The van der Waals surface area contributed by atoms with Gasteiger partial charge in [0.15, 0.2) is 6.29 Å². The third kappa shape index (κ3) is 2.23. The summed E-state index contributed by atoms with van der Waals surface area (Å²) < 4.78 is 17.7. The van der Waals surface area contributed by atoms with Crippen LogP contribution in [-0.2, 0) is 4.79 Å². The van der Waals surface area contributed by atoms with E-state index in [2.05, 4.69) is 4.98 Å². The third-order valence-corrected chi connectivity index (χ3v) is 2.03. The Hall–Kier alpha value is -2.23. The van der Waals surface area contributed by atoms with Crippen LogP contribution >= 0.6 is 0 Å². The molecule has 3 nitrogen and oxygen atoms in total. The minimum atomic E-state index is -0.342. The number of hydrogen-bond donors (Lipinski definition) is 0. The number of allylic oxidation sites excluding steroid dienone is 1. The first-order valence-corrected chi connectivity index (χ1v) is 4.62. The number of nitrogens with zero attached hydrogens (tertiary/aromatic N) is 1. The lowest BCUT2D eigenvalue weighted by Crippen LogP contribution is -1.86. The normalized spacial score (nSPS) is 11.4. The van der Waals surface area contributed by atoms with Crippen LogP contribution in [0.3, 0.4) is 0 Å². The monoisotopic (exact) mass is 217 g/mol. The molecule has 0 radical (unpaired) electrons. The molecule has 0 aliphatic rings. The van der Waals surface area contributed by atoms with Gasteiger partial charge in [0, 0.05) is 11.6 Å². The van der Waals surface area contributed by atoms with Crippen LogP contribution in [0.25, 0.3) is 11.6 Å². The molecule has 1 heterocycles. The molecule has 0 atom stereocenters. The molecule has 0 aliphatic heterocycles. The van der Waals surface area contributed by atoms with Gasteiger partial charge in [-0.15, -0.1) is 0 Å². The van der Waals surface area contributed by atoms with Gasteiger partial charge in [0.1, 0.15) is 12.1 Å². The lowest BCUT2D eigenvalue weighted by molar-refractivity contribution is -0.103. The Balaban J connectivity index is 2.36. The third-order valence-electron chi connectivity index (χ3n) is 2.03. The summed E-state index contributed by atoms with van der Waals surface area (Å²) in [5.74, 6) is -0.00320. The van der Waals surface area contributed by atoms with E-state index in [4.69, 9.17) is 4.42 Å². The summed E-state index contributed by atoms with van der Waals surface area (Å²) in [6, 6.07) is 5.64. The molecule has 0 unspecified atom stereocenters. The van der Waals surface area contributed by atoms with Crippen molar-refractivity contribution in [1.82, 2.24) is 4.98 Å². The van der Waals surface area contributed by atoms with E-state index < -0.39 is 0 Å². The van der Waals surface area contributed by atoms with Gasteiger partial charge in [-0.05, 0) is 17.7 Å². The molecule has 0 bridgehead atoms. The summed E-state index contributed by atoms with van der Waals surface area (Å²) in [5.41, 5.74) is 1.01. The molecule has 0 amide bonds. The zero-order valence-corrected chi connectivity index (χ0v) is 8.26. The quantitative estimate of drug-likeness (QED) is 0.586. The van der Waals surface area contributed by atoms with Crippen LogP contribution in [0.2, 0.25) is 0 Å². The number of rotatable bonds is 3. The number of aromatic nitrogens is 1. The maximum atomic E-state index is 12.7. The molecule has 0 aliphatic carbocycles. The van der Waals surface area contributed by atoms with Crippen molar-refractivity contribution >= 4 is 17.9 Å². The standard InChI is InChI=1S/C12H8FNO2/c13-11-3-1-9(2-4-11)10(8-15)7-12-14-5-6-16-12/h1-8H. The molecule has 2 rings (SSSR count). The predicted molar refractivity (Wildman–Crippen MR) is 56.8 cm³/mol. The molecule has 16 heavy (non-hydrogen) atoms. The summed E-state index contributed by atoms with van der Waals surface area (Å²) in [7, 11) is 0. The van der Waals surface area contributed by atoms with Crippen molar-refractivity contribution in [1.29, 1.82) is 0 Å². The topological polar surface area (TPSA) is 43.1 Å². The number of aldehydes is 1. The van der Waals surface area contributed by atoms with E-state index in [9.17, 15) is 9.18 Å². The van der Waals surface area contributed by atoms with E-state index >= 15 is 0 Å². The minimum Gasteiger partial charge on any atom is -0.445 e. The molecule has 1 aromatic carbocycles. The van der Waals surface area contributed by atoms with Gasteiger partial charge in [0.2, 0.25) is 5.89 Å². The Morgan fingerprint density at radius 1 is 1.31 bits per heavy atom. The van der Waals surface area contributed by atoms with E-state index in [1.165, 1.54) is 42.8 Å². The molecule has 0 saturated heterocycles. The molecule has 80 valence electrons. The van der Waals surface area contributed by atoms with Gasteiger partial charge in [0.25, 0.3) is 0 Å². The highest BCUT2D eigenvalue weighted by Gasteiger charge is 2.02. The Morgan fingerprint density at radius 2 is 2.06 bits per heavy atom. The number of carbonyl (C=O) groups excluding carboxylic acids is 1. The van der Waals surface area contributed by atoms with Crippen LogP contribution in [0, 0.1) is 5.82 Å². The Morgan fingerprint density at radius 3 is 2.62 bits per heavy atom. The van der Waals surface area contributed by atoms with Gasteiger partial charge in [0.05, 0.1) is 6.20 Å². The summed E-state index contributed by atoms with van der Waals surface area (Å²) in [6.07, 6.45) is 5.08. The van der Waals surface area contributed by atoms with Crippen molar-refractivity contribution in [2.24, 2.45) is 0 Å². The smallest absolute Gasteiger partial charge is 0.219 e. The summed E-state index contributed by atoms with van der Waals surface area (Å²) >= 11 is 0. The van der Waals surface area contributed by atoms with Crippen LogP contribution < -0.4 is 0 Å². The minimum absolute atomic E-state index is 0.339. The van der Waals surface area contributed by atoms with Gasteiger partial charge in [-0.3, -0.25) is 4.79 Å². The second kappa shape index (κ2) is 4.53. The van der Waals surface area contributed by atoms with Gasteiger partial charge >= 0.3 is 0 Å². The first kappa shape index (κ1) is 10.3. The van der Waals surface area contributed by atoms with Gasteiger partial charge in [-0.1, -0.05) is 12.1 Å². The summed E-state index contributed by atoms with van der Waals surface area (Å²) in [4.78, 5) is 14.8. The molecule has 0 saturated carbocycles. The highest BCUT2D eigenvalue weighted by Crippen LogP contribution is 2.15. The highest BCUT2D eigenvalue weighted by atomic mass is 19.1. The van der Waals surface area contributed by atoms with Crippen molar-refractivity contribution < 1.29 is 13.6 Å². The van der Waals surface area contributed by atoms with Gasteiger partial charge < -0.3 is 4.42 Å². The Kier molecular flexibility index (Phi) is 2.91. The SMILES string of the molecule is O=CC(=Cc1ncco1)c1ccc(F)cc1. The second-order valence-electron chi connectivity index (χ2n) is 3.09. The van der Waals surface area contributed by atoms with Crippen LogP contribution in [-0.4, -0.2) is 11.3 Å². The second-order valence-corrected chi connectivity index (χ2v) is 3.09. The van der Waals surface area contributed by atoms with Crippen molar-refractivity contribution in [3.8, 4) is 0 Å². The zero-order chi connectivity index (χ0) is 11.4. The molecule has 2 aromatic rings. The van der Waals surface area contributed by atoms with Gasteiger partial charge in [-0.2, -0.15) is 0 Å². The number of benzene rings is 1. The molecule has 0 N–H and O–H groups in total. The predicted octanol–water partition coefficient (Wildman–Crippen LogP) is 2.55. The van der Waals surface area contributed by atoms with Crippen molar-refractivity contribution in [2.45, 2.75) is 0 Å². The number of halogens is 1. The lowest BCUT2D eigenvalue weighted by Gasteiger charge is -1.98. The number of carbonyl (C=O) groups is 1. The Labute approximate surface area is 91.2 Å². The lowest BCUT2D eigenvalue weighted by atomic mass is 10.1.